The van der Waals surface area contributed by atoms with Crippen molar-refractivity contribution in [2.45, 2.75) is 18.5 Å². The fraction of sp³-hybridized carbons (Fsp3) is 0.200. The Balaban J connectivity index is 1.77. The number of nitrogens with two attached hydrogens (primary N) is 1. The first-order chi connectivity index (χ1) is 13.1. The van der Waals surface area contributed by atoms with Gasteiger partial charge >= 0.3 is 0 Å². The molecule has 3 rings (SSSR count). The number of nitrogens with zero attached hydrogens (tertiary/aromatic N) is 1. The second-order valence-electron chi connectivity index (χ2n) is 6.26. The lowest BCUT2D eigenvalue weighted by Crippen LogP contribution is -2.46. The average Bonchev–Trinajstić information content (AvgIpc) is 3.13. The van der Waals surface area contributed by atoms with E-state index in [1.54, 1.807) is 9.12 Å². The summed E-state index contributed by atoms with van der Waals surface area (Å²) < 4.78 is 2.13. The second kappa shape index (κ2) is 9.38. The van der Waals surface area contributed by atoms with Crippen LogP contribution in [0.15, 0.2) is 72.3 Å². The predicted molar refractivity (Wildman–Crippen MR) is 117 cm³/mol. The number of rotatable bonds is 7. The summed E-state index contributed by atoms with van der Waals surface area (Å²) in [5.41, 5.74) is 8.18. The molecule has 3 N–H and O–H groups in total. The molecule has 2 amide bonds. The third kappa shape index (κ3) is 4.91. The quantitative estimate of drug-likeness (QED) is 0.459. The molecule has 1 aliphatic heterocycles. The first-order valence-corrected chi connectivity index (χ1v) is 11.9. The normalized spacial score (nSPS) is 18.0. The van der Waals surface area contributed by atoms with Crippen molar-refractivity contribution in [2.75, 3.05) is 6.54 Å². The minimum absolute atomic E-state index is 0.154. The lowest BCUT2D eigenvalue weighted by atomic mass is 9.99. The topological polar surface area (TPSA) is 75.4 Å². The molecule has 140 valence electrons. The number of hydrogen-bond acceptors (Lipinski definition) is 4. The monoisotopic (exact) mass is 493 g/mol. The summed E-state index contributed by atoms with van der Waals surface area (Å²) >= 11 is 2.22. The molecule has 1 aliphatic rings. The Morgan fingerprint density at radius 3 is 2.37 bits per heavy atom. The largest absolute Gasteiger partial charge is 0.368 e. The van der Waals surface area contributed by atoms with Gasteiger partial charge in [-0.3, -0.25) is 9.59 Å². The third-order valence-electron chi connectivity index (χ3n) is 4.47. The molecule has 2 atom stereocenters. The van der Waals surface area contributed by atoms with Crippen molar-refractivity contribution < 1.29 is 9.59 Å². The first kappa shape index (κ1) is 19.9. The van der Waals surface area contributed by atoms with Gasteiger partial charge in [0.1, 0.15) is 6.04 Å². The molecule has 0 saturated heterocycles. The highest BCUT2D eigenvalue weighted by atomic mass is 127. The van der Waals surface area contributed by atoms with E-state index in [9.17, 15) is 9.59 Å². The maximum absolute atomic E-state index is 13.0. The van der Waals surface area contributed by atoms with E-state index in [2.05, 4.69) is 30.8 Å². The van der Waals surface area contributed by atoms with Gasteiger partial charge in [0.05, 0.1) is 6.04 Å². The van der Waals surface area contributed by atoms with Crippen LogP contribution in [0, 0.1) is 0 Å². The summed E-state index contributed by atoms with van der Waals surface area (Å²) in [6.07, 6.45) is 2.29. The van der Waals surface area contributed by atoms with Crippen LogP contribution in [-0.4, -0.2) is 28.7 Å². The molecule has 7 heteroatoms. The fourth-order valence-electron chi connectivity index (χ4n) is 3.14. The lowest BCUT2D eigenvalue weighted by molar-refractivity contribution is -0.125. The fourth-order valence-corrected chi connectivity index (χ4v) is 4.75. The van der Waals surface area contributed by atoms with E-state index in [0.717, 1.165) is 11.1 Å². The van der Waals surface area contributed by atoms with Crippen LogP contribution in [0.4, 0.5) is 0 Å². The summed E-state index contributed by atoms with van der Waals surface area (Å²) in [6.45, 7) is 0.663. The Bertz CT molecular complexity index is 830. The van der Waals surface area contributed by atoms with Gasteiger partial charge in [0.2, 0.25) is 11.8 Å². The van der Waals surface area contributed by atoms with Gasteiger partial charge in [0, 0.05) is 39.7 Å². The number of carbonyl (C=O) groups is 2. The van der Waals surface area contributed by atoms with Crippen molar-refractivity contribution >= 4 is 42.1 Å². The van der Waals surface area contributed by atoms with Crippen LogP contribution in [0.2, 0.25) is 0 Å². The first-order valence-electron chi connectivity index (χ1n) is 8.54. The number of nitrogens with one attached hydrogen (secondary N) is 1. The van der Waals surface area contributed by atoms with Crippen LogP contribution in [-0.2, 0) is 16.0 Å². The molecule has 0 saturated carbocycles. The molecule has 27 heavy (non-hydrogen) atoms. The van der Waals surface area contributed by atoms with Crippen molar-refractivity contribution in [1.29, 1.82) is 0 Å². The third-order valence-corrected chi connectivity index (χ3v) is 6.53. The standard InChI is InChI=1S/C20H20IN3O2S/c21-27-24-12-11-16(18(24)15-9-5-2-6-10-15)20(26)23-17(19(22)25)13-14-7-3-1-4-8-14/h1-11,17-18H,12-13H2,(H2,22,25)(H,23,26)/t17-,18+/m1/s1. The minimum atomic E-state index is -0.751. The van der Waals surface area contributed by atoms with E-state index in [1.807, 2.05) is 66.7 Å². The summed E-state index contributed by atoms with van der Waals surface area (Å²) in [5, 5.41) is 2.83. The SMILES string of the molecule is NC(=O)[C@@H](Cc1ccccc1)NC(=O)C1=CCN(SI)[C@H]1c1ccccc1. The Hall–Kier alpha value is -1.84. The summed E-state index contributed by atoms with van der Waals surface area (Å²) in [7, 11) is 1.56. The molecule has 0 spiro atoms. The molecule has 2 aromatic carbocycles. The maximum Gasteiger partial charge on any atom is 0.249 e. The smallest absolute Gasteiger partial charge is 0.249 e. The zero-order valence-electron chi connectivity index (χ0n) is 14.5. The number of benzene rings is 2. The summed E-state index contributed by atoms with van der Waals surface area (Å²) in [6, 6.07) is 18.5. The zero-order chi connectivity index (χ0) is 19.2. The lowest BCUT2D eigenvalue weighted by Gasteiger charge is -2.25. The number of hydrogen-bond donors (Lipinski definition) is 2. The highest BCUT2D eigenvalue weighted by Gasteiger charge is 2.34. The minimum Gasteiger partial charge on any atom is -0.368 e. The highest BCUT2D eigenvalue weighted by Crippen LogP contribution is 2.40. The molecule has 0 aromatic heterocycles. The Labute approximate surface area is 175 Å². The molecule has 5 nitrogen and oxygen atoms in total. The number of amides is 2. The van der Waals surface area contributed by atoms with Crippen LogP contribution < -0.4 is 11.1 Å². The molecule has 0 aliphatic carbocycles. The van der Waals surface area contributed by atoms with Gasteiger partial charge in [0.25, 0.3) is 0 Å². The molecule has 0 fully saturated rings. The average molecular weight is 493 g/mol. The van der Waals surface area contributed by atoms with E-state index >= 15 is 0 Å². The van der Waals surface area contributed by atoms with Crippen LogP contribution in [0.1, 0.15) is 17.2 Å². The predicted octanol–water partition coefficient (Wildman–Crippen LogP) is 3.18. The highest BCUT2D eigenvalue weighted by molar-refractivity contribution is 14.2. The van der Waals surface area contributed by atoms with Gasteiger partial charge in [-0.05, 0) is 20.2 Å². The summed E-state index contributed by atoms with van der Waals surface area (Å²) in [5.74, 6) is -0.793. The van der Waals surface area contributed by atoms with E-state index in [4.69, 9.17) is 5.73 Å². The van der Waals surface area contributed by atoms with E-state index in [-0.39, 0.29) is 11.9 Å². The molecular weight excluding hydrogens is 473 g/mol. The molecule has 0 unspecified atom stereocenters. The molecule has 1 heterocycles. The molecule has 0 bridgehead atoms. The van der Waals surface area contributed by atoms with Gasteiger partial charge < -0.3 is 11.1 Å². The van der Waals surface area contributed by atoms with E-state index in [1.165, 1.54) is 0 Å². The zero-order valence-corrected chi connectivity index (χ0v) is 17.5. The van der Waals surface area contributed by atoms with Gasteiger partial charge in [-0.25, -0.2) is 4.31 Å². The van der Waals surface area contributed by atoms with E-state index < -0.39 is 11.9 Å². The molecule has 0 radical (unpaired) electrons. The van der Waals surface area contributed by atoms with Crippen molar-refractivity contribution in [3.8, 4) is 0 Å². The van der Waals surface area contributed by atoms with Crippen molar-refractivity contribution in [3.05, 3.63) is 83.4 Å². The van der Waals surface area contributed by atoms with Gasteiger partial charge in [-0.2, -0.15) is 0 Å². The van der Waals surface area contributed by atoms with Gasteiger partial charge in [-0.15, -0.1) is 0 Å². The molecular formula is C20H20IN3O2S. The molecule has 2 aromatic rings. The maximum atomic E-state index is 13.0. The Morgan fingerprint density at radius 2 is 1.78 bits per heavy atom. The van der Waals surface area contributed by atoms with Crippen molar-refractivity contribution in [1.82, 2.24) is 9.62 Å². The van der Waals surface area contributed by atoms with Crippen LogP contribution >= 0.6 is 30.3 Å². The van der Waals surface area contributed by atoms with Crippen molar-refractivity contribution in [2.24, 2.45) is 5.73 Å². The Morgan fingerprint density at radius 1 is 1.15 bits per heavy atom. The number of carbonyl (C=O) groups excluding carboxylic acids is 2. The Kier molecular flexibility index (Phi) is 6.92. The second-order valence-corrected chi connectivity index (χ2v) is 8.05. The van der Waals surface area contributed by atoms with Gasteiger partial charge in [0.15, 0.2) is 0 Å². The van der Waals surface area contributed by atoms with Crippen LogP contribution in [0.3, 0.4) is 0 Å². The van der Waals surface area contributed by atoms with Crippen LogP contribution in [0.25, 0.3) is 0 Å². The van der Waals surface area contributed by atoms with Crippen LogP contribution in [0.5, 0.6) is 0 Å². The van der Waals surface area contributed by atoms with Gasteiger partial charge in [-0.1, -0.05) is 66.7 Å². The van der Waals surface area contributed by atoms with E-state index in [0.29, 0.717) is 18.5 Å². The number of halogens is 1. The summed E-state index contributed by atoms with van der Waals surface area (Å²) in [4.78, 5) is 24.9. The number of primary amides is 1. The van der Waals surface area contributed by atoms with Crippen molar-refractivity contribution in [3.63, 3.8) is 0 Å².